The predicted molar refractivity (Wildman–Crippen MR) is 116 cm³/mol. The third-order valence-electron chi connectivity index (χ3n) is 4.26. The van der Waals surface area contributed by atoms with Crippen molar-refractivity contribution in [3.8, 4) is 11.4 Å². The number of allylic oxidation sites excluding steroid dienone is 1. The maximum atomic E-state index is 14.5. The molecule has 4 aromatic rings. The highest BCUT2D eigenvalue weighted by Gasteiger charge is 2.18. The van der Waals surface area contributed by atoms with Crippen molar-refractivity contribution in [3.05, 3.63) is 65.9 Å². The Bertz CT molecular complexity index is 1270. The Morgan fingerprint density at radius 1 is 1.23 bits per heavy atom. The van der Waals surface area contributed by atoms with Crippen LogP contribution in [-0.2, 0) is 0 Å². The molecular weight excluding hydrogens is 399 g/mol. The fourth-order valence-corrected chi connectivity index (χ4v) is 2.82. The fourth-order valence-electron chi connectivity index (χ4n) is 2.82. The summed E-state index contributed by atoms with van der Waals surface area (Å²) in [4.78, 5) is 25.0. The summed E-state index contributed by atoms with van der Waals surface area (Å²) in [6.07, 6.45) is 3.35. The number of hydrogen-bond donors (Lipinski definition) is 1. The van der Waals surface area contributed by atoms with Crippen LogP contribution >= 0.6 is 0 Å². The van der Waals surface area contributed by atoms with E-state index in [1.165, 1.54) is 22.7 Å². The minimum Gasteiger partial charge on any atom is -0.436 e. The van der Waals surface area contributed by atoms with E-state index in [1.807, 2.05) is 20.8 Å². The molecule has 4 rings (SSSR count). The van der Waals surface area contributed by atoms with Crippen molar-refractivity contribution < 1.29 is 13.6 Å². The van der Waals surface area contributed by atoms with Crippen molar-refractivity contribution in [3.63, 3.8) is 0 Å². The van der Waals surface area contributed by atoms with Crippen molar-refractivity contribution >= 4 is 22.9 Å². The Labute approximate surface area is 178 Å². The number of halogens is 1. The fraction of sp³-hybridized carbons (Fsp3) is 0.227. The summed E-state index contributed by atoms with van der Waals surface area (Å²) in [5.74, 6) is -0.0240. The number of carbonyl (C=O) groups excluding carboxylic acids is 1. The number of carbonyl (C=O) groups is 1. The van der Waals surface area contributed by atoms with Crippen LogP contribution in [0.15, 0.2) is 41.6 Å². The van der Waals surface area contributed by atoms with Gasteiger partial charge in [-0.05, 0) is 37.6 Å². The maximum Gasteiger partial charge on any atom is 0.293 e. The van der Waals surface area contributed by atoms with E-state index in [4.69, 9.17) is 4.42 Å². The zero-order valence-corrected chi connectivity index (χ0v) is 18.0. The molecule has 9 heteroatoms. The minimum atomic E-state index is -0.522. The molecule has 0 aliphatic heterocycles. The summed E-state index contributed by atoms with van der Waals surface area (Å²) in [6.45, 7) is 13.1. The third-order valence-corrected chi connectivity index (χ3v) is 4.26. The van der Waals surface area contributed by atoms with Gasteiger partial charge < -0.3 is 9.73 Å². The highest BCUT2D eigenvalue weighted by atomic mass is 19.1. The van der Waals surface area contributed by atoms with Crippen LogP contribution in [0.5, 0.6) is 0 Å². The minimum absolute atomic E-state index is 0.107. The van der Waals surface area contributed by atoms with Gasteiger partial charge in [-0.1, -0.05) is 20.4 Å². The number of anilines is 1. The molecule has 31 heavy (non-hydrogen) atoms. The summed E-state index contributed by atoms with van der Waals surface area (Å²) in [6, 6.07) is 4.14. The molecule has 0 bridgehead atoms. The lowest BCUT2D eigenvalue weighted by Gasteiger charge is -2.06. The topological polar surface area (TPSA) is 98.2 Å². The standard InChI is InChI=1S/C20H17FN6O2.C2H6/c1-10(2)13-8-22-20-25-18(26-27(20)9-13)15-7-14(5-6-16(15)21)24-19(28)17-11(3)23-12(4)29-17;1-2/h5-9H,1H2,2-4H3,(H,24,28);1-2H3. The Balaban J connectivity index is 0.00000132. The number of fused-ring (bicyclic) bond motifs is 1. The quantitative estimate of drug-likeness (QED) is 0.505. The van der Waals surface area contributed by atoms with E-state index in [0.29, 0.717) is 23.0 Å². The summed E-state index contributed by atoms with van der Waals surface area (Å²) in [7, 11) is 0. The molecule has 0 saturated heterocycles. The zero-order valence-electron chi connectivity index (χ0n) is 18.0. The normalized spacial score (nSPS) is 10.5. The molecule has 0 radical (unpaired) electrons. The van der Waals surface area contributed by atoms with Gasteiger partial charge in [-0.15, -0.1) is 5.10 Å². The summed E-state index contributed by atoms with van der Waals surface area (Å²) >= 11 is 0. The van der Waals surface area contributed by atoms with E-state index in [1.54, 1.807) is 26.2 Å². The average molecular weight is 422 g/mol. The van der Waals surface area contributed by atoms with Gasteiger partial charge in [0.2, 0.25) is 5.76 Å². The van der Waals surface area contributed by atoms with Crippen LogP contribution in [0, 0.1) is 19.7 Å². The first-order valence-electron chi connectivity index (χ1n) is 9.75. The molecule has 0 saturated carbocycles. The van der Waals surface area contributed by atoms with Gasteiger partial charge in [-0.25, -0.2) is 18.9 Å². The molecule has 1 amide bonds. The lowest BCUT2D eigenvalue weighted by atomic mass is 10.1. The van der Waals surface area contributed by atoms with E-state index in [0.717, 1.165) is 11.1 Å². The molecule has 3 heterocycles. The Hall–Kier alpha value is -3.88. The Kier molecular flexibility index (Phi) is 6.24. The molecular formula is C22H23FN6O2. The van der Waals surface area contributed by atoms with Gasteiger partial charge in [0.15, 0.2) is 11.7 Å². The highest BCUT2D eigenvalue weighted by molar-refractivity contribution is 6.03. The first-order valence-corrected chi connectivity index (χ1v) is 9.75. The second-order valence-corrected chi connectivity index (χ2v) is 6.60. The molecule has 0 unspecified atom stereocenters. The molecule has 0 aliphatic carbocycles. The van der Waals surface area contributed by atoms with Crippen LogP contribution in [0.25, 0.3) is 22.7 Å². The summed E-state index contributed by atoms with van der Waals surface area (Å²) in [5, 5.41) is 6.98. The molecule has 0 fully saturated rings. The van der Waals surface area contributed by atoms with Gasteiger partial charge in [0.1, 0.15) is 5.82 Å². The Morgan fingerprint density at radius 3 is 2.61 bits per heavy atom. The number of amides is 1. The van der Waals surface area contributed by atoms with Crippen LogP contribution in [0.3, 0.4) is 0 Å². The summed E-state index contributed by atoms with van der Waals surface area (Å²) < 4.78 is 21.2. The largest absolute Gasteiger partial charge is 0.436 e. The monoisotopic (exact) mass is 422 g/mol. The van der Waals surface area contributed by atoms with Gasteiger partial charge in [0.25, 0.3) is 11.7 Å². The number of oxazole rings is 1. The van der Waals surface area contributed by atoms with Gasteiger partial charge in [0.05, 0.1) is 11.3 Å². The van der Waals surface area contributed by atoms with E-state index >= 15 is 0 Å². The van der Waals surface area contributed by atoms with Crippen LogP contribution in [0.1, 0.15) is 48.5 Å². The zero-order chi connectivity index (χ0) is 22.7. The number of hydrogen-bond acceptors (Lipinski definition) is 6. The number of nitrogens with zero attached hydrogens (tertiary/aromatic N) is 5. The third kappa shape index (κ3) is 4.50. The number of aromatic nitrogens is 5. The van der Waals surface area contributed by atoms with Gasteiger partial charge in [-0.2, -0.15) is 4.98 Å². The number of aryl methyl sites for hydroxylation is 2. The molecule has 3 aromatic heterocycles. The number of rotatable bonds is 4. The predicted octanol–water partition coefficient (Wildman–Crippen LogP) is 4.85. The van der Waals surface area contributed by atoms with E-state index in [2.05, 4.69) is 31.9 Å². The van der Waals surface area contributed by atoms with Crippen molar-refractivity contribution in [1.29, 1.82) is 0 Å². The second-order valence-electron chi connectivity index (χ2n) is 6.60. The van der Waals surface area contributed by atoms with Crippen LogP contribution < -0.4 is 5.32 Å². The van der Waals surface area contributed by atoms with Crippen molar-refractivity contribution in [1.82, 2.24) is 24.6 Å². The van der Waals surface area contributed by atoms with Crippen molar-refractivity contribution in [2.75, 3.05) is 5.32 Å². The van der Waals surface area contributed by atoms with E-state index in [-0.39, 0.29) is 17.1 Å². The van der Waals surface area contributed by atoms with Gasteiger partial charge in [0, 0.05) is 30.6 Å². The van der Waals surface area contributed by atoms with Crippen molar-refractivity contribution in [2.45, 2.75) is 34.6 Å². The molecule has 0 aliphatic rings. The lowest BCUT2D eigenvalue weighted by molar-refractivity contribution is 0.0994. The van der Waals surface area contributed by atoms with E-state index in [9.17, 15) is 9.18 Å². The van der Waals surface area contributed by atoms with Gasteiger partial charge >= 0.3 is 0 Å². The number of nitrogens with one attached hydrogen (secondary N) is 1. The first-order chi connectivity index (χ1) is 14.8. The molecule has 1 N–H and O–H groups in total. The Morgan fingerprint density at radius 2 is 1.97 bits per heavy atom. The maximum absolute atomic E-state index is 14.5. The molecule has 0 atom stereocenters. The molecule has 8 nitrogen and oxygen atoms in total. The van der Waals surface area contributed by atoms with Crippen LogP contribution in [-0.4, -0.2) is 30.5 Å². The SMILES string of the molecule is C=C(C)c1cnc2nc(-c3cc(NC(=O)c4oc(C)nc4C)ccc3F)nn2c1.CC. The van der Waals surface area contributed by atoms with Gasteiger partial charge in [-0.3, -0.25) is 4.79 Å². The second kappa shape index (κ2) is 8.86. The summed E-state index contributed by atoms with van der Waals surface area (Å²) in [5.41, 5.74) is 2.60. The molecule has 160 valence electrons. The number of benzene rings is 1. The molecule has 0 spiro atoms. The first kappa shape index (κ1) is 21.8. The van der Waals surface area contributed by atoms with Crippen LogP contribution in [0.2, 0.25) is 0 Å². The average Bonchev–Trinajstić information content (AvgIpc) is 3.32. The van der Waals surface area contributed by atoms with E-state index < -0.39 is 11.7 Å². The van der Waals surface area contributed by atoms with Crippen LogP contribution in [0.4, 0.5) is 10.1 Å². The lowest BCUT2D eigenvalue weighted by Crippen LogP contribution is -2.12. The molecule has 1 aromatic carbocycles. The van der Waals surface area contributed by atoms with Crippen molar-refractivity contribution in [2.24, 2.45) is 0 Å². The highest BCUT2D eigenvalue weighted by Crippen LogP contribution is 2.25. The smallest absolute Gasteiger partial charge is 0.293 e.